The highest BCUT2D eigenvalue weighted by atomic mass is 16.2. The molecule has 0 radical (unpaired) electrons. The number of carbonyl (C=O) groups excluding carboxylic acids is 2. The molecular formula is C19H32N4O2. The number of hydrogen-bond acceptors (Lipinski definition) is 3. The lowest BCUT2D eigenvalue weighted by Gasteiger charge is -2.42. The second kappa shape index (κ2) is 6.78. The van der Waals surface area contributed by atoms with Crippen molar-refractivity contribution in [1.29, 1.82) is 0 Å². The van der Waals surface area contributed by atoms with Crippen LogP contribution in [0, 0.1) is 5.41 Å². The first-order chi connectivity index (χ1) is 12.1. The van der Waals surface area contributed by atoms with Gasteiger partial charge in [-0.3, -0.25) is 4.79 Å². The van der Waals surface area contributed by atoms with E-state index in [0.29, 0.717) is 18.5 Å². The fourth-order valence-electron chi connectivity index (χ4n) is 5.28. The maximum absolute atomic E-state index is 13.3. The Kier molecular flexibility index (Phi) is 4.65. The Morgan fingerprint density at radius 1 is 0.920 bits per heavy atom. The lowest BCUT2D eigenvalue weighted by molar-refractivity contribution is -0.148. The molecule has 4 fully saturated rings. The van der Waals surface area contributed by atoms with Crippen molar-refractivity contribution in [3.8, 4) is 0 Å². The van der Waals surface area contributed by atoms with Gasteiger partial charge in [0.05, 0.1) is 5.41 Å². The zero-order valence-electron chi connectivity index (χ0n) is 15.6. The van der Waals surface area contributed by atoms with Crippen LogP contribution in [-0.4, -0.2) is 90.4 Å². The van der Waals surface area contributed by atoms with Gasteiger partial charge in [-0.25, -0.2) is 4.79 Å². The first kappa shape index (κ1) is 17.1. The molecule has 3 amide bonds. The molecule has 6 heteroatoms. The Balaban J connectivity index is 1.41. The van der Waals surface area contributed by atoms with Crippen LogP contribution < -0.4 is 0 Å². The fraction of sp³-hybridized carbons (Fsp3) is 0.895. The first-order valence-corrected chi connectivity index (χ1v) is 10.1. The van der Waals surface area contributed by atoms with Crippen molar-refractivity contribution in [2.45, 2.75) is 51.0 Å². The van der Waals surface area contributed by atoms with Crippen molar-refractivity contribution in [1.82, 2.24) is 19.6 Å². The van der Waals surface area contributed by atoms with Crippen LogP contribution in [-0.2, 0) is 4.79 Å². The molecule has 6 nitrogen and oxygen atoms in total. The van der Waals surface area contributed by atoms with Gasteiger partial charge in [-0.2, -0.15) is 0 Å². The third-order valence-electron chi connectivity index (χ3n) is 6.93. The molecule has 25 heavy (non-hydrogen) atoms. The summed E-state index contributed by atoms with van der Waals surface area (Å²) in [5.74, 6) is 0.347. The van der Waals surface area contributed by atoms with E-state index < -0.39 is 0 Å². The van der Waals surface area contributed by atoms with E-state index in [1.165, 1.54) is 25.7 Å². The van der Waals surface area contributed by atoms with Gasteiger partial charge >= 0.3 is 6.03 Å². The fourth-order valence-corrected chi connectivity index (χ4v) is 5.28. The molecule has 3 heterocycles. The number of urea groups is 1. The Hall–Kier alpha value is -1.30. The van der Waals surface area contributed by atoms with Crippen LogP contribution in [0.25, 0.3) is 0 Å². The molecule has 1 aliphatic carbocycles. The summed E-state index contributed by atoms with van der Waals surface area (Å²) in [6, 6.07) is 0.614. The molecule has 140 valence electrons. The number of rotatable bonds is 1. The monoisotopic (exact) mass is 348 g/mol. The largest absolute Gasteiger partial charge is 0.339 e. The highest BCUT2D eigenvalue weighted by Crippen LogP contribution is 2.42. The van der Waals surface area contributed by atoms with Gasteiger partial charge < -0.3 is 19.6 Å². The maximum Gasteiger partial charge on any atom is 0.320 e. The number of hydrogen-bond donors (Lipinski definition) is 0. The highest BCUT2D eigenvalue weighted by Gasteiger charge is 2.51. The molecule has 0 N–H and O–H groups in total. The molecule has 4 rings (SSSR count). The molecule has 0 aromatic heterocycles. The van der Waals surface area contributed by atoms with Crippen LogP contribution in [0.1, 0.15) is 44.9 Å². The summed E-state index contributed by atoms with van der Waals surface area (Å²) >= 11 is 0. The zero-order chi connectivity index (χ0) is 17.4. The Morgan fingerprint density at radius 3 is 2.36 bits per heavy atom. The van der Waals surface area contributed by atoms with Crippen molar-refractivity contribution >= 4 is 11.9 Å². The summed E-state index contributed by atoms with van der Waals surface area (Å²) in [4.78, 5) is 34.6. The van der Waals surface area contributed by atoms with Crippen LogP contribution in [0.4, 0.5) is 4.79 Å². The average Bonchev–Trinajstić information content (AvgIpc) is 3.29. The van der Waals surface area contributed by atoms with E-state index in [0.717, 1.165) is 58.5 Å². The van der Waals surface area contributed by atoms with Crippen molar-refractivity contribution < 1.29 is 9.59 Å². The van der Waals surface area contributed by atoms with Gasteiger partial charge in [0, 0.05) is 51.9 Å². The highest BCUT2D eigenvalue weighted by molar-refractivity contribution is 5.86. The summed E-state index contributed by atoms with van der Waals surface area (Å²) in [6.07, 6.45) is 7.78. The van der Waals surface area contributed by atoms with Crippen LogP contribution in [0.2, 0.25) is 0 Å². The van der Waals surface area contributed by atoms with E-state index in [4.69, 9.17) is 0 Å². The van der Waals surface area contributed by atoms with Crippen LogP contribution in [0.3, 0.4) is 0 Å². The number of piperidine rings is 1. The molecule has 1 saturated carbocycles. The van der Waals surface area contributed by atoms with Crippen molar-refractivity contribution in [2.75, 3.05) is 52.9 Å². The van der Waals surface area contributed by atoms with Gasteiger partial charge in [0.1, 0.15) is 0 Å². The number of carbonyl (C=O) groups is 2. The molecule has 1 atom stereocenters. The number of amides is 3. The molecule has 0 aromatic carbocycles. The van der Waals surface area contributed by atoms with E-state index >= 15 is 0 Å². The van der Waals surface area contributed by atoms with Gasteiger partial charge in [-0.1, -0.05) is 12.8 Å². The Morgan fingerprint density at radius 2 is 1.64 bits per heavy atom. The normalized spacial score (nSPS) is 32.2. The summed E-state index contributed by atoms with van der Waals surface area (Å²) in [5.41, 5.74) is -0.289. The molecule has 1 spiro atoms. The topological polar surface area (TPSA) is 47.1 Å². The zero-order valence-corrected chi connectivity index (χ0v) is 15.6. The molecule has 0 aromatic rings. The van der Waals surface area contributed by atoms with E-state index in [9.17, 15) is 9.59 Å². The quantitative estimate of drug-likeness (QED) is 0.723. The molecule has 0 unspecified atom stereocenters. The minimum atomic E-state index is -0.289. The molecule has 3 aliphatic heterocycles. The summed E-state index contributed by atoms with van der Waals surface area (Å²) < 4.78 is 0. The second-order valence-corrected chi connectivity index (χ2v) is 8.57. The van der Waals surface area contributed by atoms with E-state index in [-0.39, 0.29) is 11.4 Å². The maximum atomic E-state index is 13.3. The van der Waals surface area contributed by atoms with E-state index in [2.05, 4.69) is 16.8 Å². The Bertz CT molecular complexity index is 526. The minimum absolute atomic E-state index is 0.149. The predicted octanol–water partition coefficient (Wildman–Crippen LogP) is 1.61. The molecular weight excluding hydrogens is 316 g/mol. The number of piperazine rings is 1. The van der Waals surface area contributed by atoms with E-state index in [1.54, 1.807) is 0 Å². The summed E-state index contributed by atoms with van der Waals surface area (Å²) in [7, 11) is 2.10. The summed E-state index contributed by atoms with van der Waals surface area (Å²) in [5, 5.41) is 0. The molecule has 3 saturated heterocycles. The SMILES string of the molecule is CN1CCN(C(=O)N2CC[C@]3(CCCN(C4CCCC4)C3=O)C2)CC1. The Labute approximate surface area is 151 Å². The minimum Gasteiger partial charge on any atom is -0.339 e. The van der Waals surface area contributed by atoms with Crippen molar-refractivity contribution in [2.24, 2.45) is 5.41 Å². The second-order valence-electron chi connectivity index (χ2n) is 8.57. The number of likely N-dealkylation sites (N-methyl/N-ethyl adjacent to an activating group) is 1. The lowest BCUT2D eigenvalue weighted by atomic mass is 9.77. The van der Waals surface area contributed by atoms with Gasteiger partial charge in [0.15, 0.2) is 0 Å². The van der Waals surface area contributed by atoms with Crippen LogP contribution in [0.5, 0.6) is 0 Å². The average molecular weight is 348 g/mol. The summed E-state index contributed by atoms with van der Waals surface area (Å²) in [6.45, 7) is 5.81. The number of nitrogens with zero attached hydrogens (tertiary/aromatic N) is 4. The van der Waals surface area contributed by atoms with Gasteiger partial charge in [0.2, 0.25) is 5.91 Å². The number of likely N-dealkylation sites (tertiary alicyclic amines) is 2. The lowest BCUT2D eigenvalue weighted by Crippen LogP contribution is -2.55. The van der Waals surface area contributed by atoms with Gasteiger partial charge in [-0.05, 0) is 39.2 Å². The van der Waals surface area contributed by atoms with Crippen LogP contribution in [0.15, 0.2) is 0 Å². The predicted molar refractivity (Wildman–Crippen MR) is 96.3 cm³/mol. The van der Waals surface area contributed by atoms with E-state index in [1.807, 2.05) is 9.80 Å². The van der Waals surface area contributed by atoms with Crippen molar-refractivity contribution in [3.63, 3.8) is 0 Å². The first-order valence-electron chi connectivity index (χ1n) is 10.1. The van der Waals surface area contributed by atoms with Crippen LogP contribution >= 0.6 is 0 Å². The molecule has 4 aliphatic rings. The third-order valence-corrected chi connectivity index (χ3v) is 6.93. The van der Waals surface area contributed by atoms with Crippen molar-refractivity contribution in [3.05, 3.63) is 0 Å². The third kappa shape index (κ3) is 3.14. The standard InChI is InChI=1S/C19H32N4O2/c1-20-11-13-21(14-12-20)18(25)22-10-8-19(15-22)7-4-9-23(17(19)24)16-5-2-3-6-16/h16H,2-15H2,1H3/t19-/m1/s1. The van der Waals surface area contributed by atoms with Gasteiger partial charge in [0.25, 0.3) is 0 Å². The smallest absolute Gasteiger partial charge is 0.320 e. The van der Waals surface area contributed by atoms with Gasteiger partial charge in [-0.15, -0.1) is 0 Å². The molecule has 0 bridgehead atoms.